The van der Waals surface area contributed by atoms with Crippen LogP contribution in [-0.4, -0.2) is 17.1 Å². The summed E-state index contributed by atoms with van der Waals surface area (Å²) < 4.78 is 18.6. The van der Waals surface area contributed by atoms with Crippen LogP contribution in [0.2, 0.25) is 10.3 Å². The molecule has 1 atom stereocenters. The number of halogens is 3. The largest absolute Gasteiger partial charge is 0.369 e. The normalized spacial score (nSPS) is 12.4. The molecular formula is C12H9Cl2FN2O. The maximum atomic E-state index is 13.3. The van der Waals surface area contributed by atoms with E-state index in [2.05, 4.69) is 9.97 Å². The van der Waals surface area contributed by atoms with E-state index in [9.17, 15) is 4.39 Å². The van der Waals surface area contributed by atoms with Crippen molar-refractivity contribution in [2.24, 2.45) is 0 Å². The van der Waals surface area contributed by atoms with E-state index in [1.807, 2.05) is 30.3 Å². The molecule has 3 nitrogen and oxygen atoms in total. The van der Waals surface area contributed by atoms with Crippen molar-refractivity contribution in [2.45, 2.75) is 6.10 Å². The van der Waals surface area contributed by atoms with Gasteiger partial charge in [-0.3, -0.25) is 0 Å². The van der Waals surface area contributed by atoms with Crippen molar-refractivity contribution >= 4 is 23.2 Å². The fraction of sp³-hybridized carbons (Fsp3) is 0.167. The first kappa shape index (κ1) is 13.2. The molecule has 0 N–H and O–H groups in total. The number of hydrogen-bond acceptors (Lipinski definition) is 3. The summed E-state index contributed by atoms with van der Waals surface area (Å²) in [5.74, 6) is -0.606. The molecule has 0 amide bonds. The molecule has 0 aliphatic heterocycles. The van der Waals surface area contributed by atoms with E-state index < -0.39 is 11.9 Å². The zero-order valence-corrected chi connectivity index (χ0v) is 10.9. The smallest absolute Gasteiger partial charge is 0.197 e. The molecule has 2 aromatic rings. The van der Waals surface area contributed by atoms with Crippen LogP contribution in [-0.2, 0) is 4.74 Å². The minimum absolute atomic E-state index is 0.222. The maximum Gasteiger partial charge on any atom is 0.197 e. The average molecular weight is 287 g/mol. The van der Waals surface area contributed by atoms with Crippen LogP contribution in [0.15, 0.2) is 30.3 Å². The quantitative estimate of drug-likeness (QED) is 0.808. The standard InChI is InChI=1S/C12H9Cl2FN2O/c1-18-9(7-5-3-2-4-6-7)12-16-10(13)8(15)11(14)17-12/h2-6,9H,1H3. The number of ether oxygens (including phenoxy) is 1. The Hall–Kier alpha value is -1.23. The maximum absolute atomic E-state index is 13.3. The first-order valence-corrected chi connectivity index (χ1v) is 5.85. The van der Waals surface area contributed by atoms with Gasteiger partial charge in [-0.2, -0.15) is 0 Å². The minimum atomic E-state index is -0.829. The van der Waals surface area contributed by atoms with Crippen LogP contribution in [0.3, 0.4) is 0 Å². The van der Waals surface area contributed by atoms with Crippen molar-refractivity contribution in [3.05, 3.63) is 57.8 Å². The number of hydrogen-bond donors (Lipinski definition) is 0. The molecule has 2 rings (SSSR count). The van der Waals surface area contributed by atoms with Crippen LogP contribution >= 0.6 is 23.2 Å². The van der Waals surface area contributed by atoms with Gasteiger partial charge in [-0.25, -0.2) is 14.4 Å². The van der Waals surface area contributed by atoms with Crippen molar-refractivity contribution in [2.75, 3.05) is 7.11 Å². The first-order chi connectivity index (χ1) is 8.63. The molecule has 1 unspecified atom stereocenters. The van der Waals surface area contributed by atoms with Gasteiger partial charge in [0, 0.05) is 7.11 Å². The molecule has 0 aliphatic rings. The van der Waals surface area contributed by atoms with E-state index in [0.717, 1.165) is 5.56 Å². The molecule has 0 saturated heterocycles. The SMILES string of the molecule is COC(c1ccccc1)c1nc(Cl)c(F)c(Cl)n1. The van der Waals surface area contributed by atoms with E-state index in [1.54, 1.807) is 0 Å². The van der Waals surface area contributed by atoms with Crippen LogP contribution in [0, 0.1) is 5.82 Å². The molecule has 0 spiro atoms. The Balaban J connectivity index is 2.46. The summed E-state index contributed by atoms with van der Waals surface area (Å²) in [6, 6.07) is 9.29. The topological polar surface area (TPSA) is 35.0 Å². The highest BCUT2D eigenvalue weighted by Gasteiger charge is 2.20. The number of nitrogens with zero attached hydrogens (tertiary/aromatic N) is 2. The fourth-order valence-corrected chi connectivity index (χ4v) is 1.95. The third-order valence-electron chi connectivity index (χ3n) is 2.36. The second kappa shape index (κ2) is 5.61. The highest BCUT2D eigenvalue weighted by molar-refractivity contribution is 6.33. The van der Waals surface area contributed by atoms with E-state index >= 15 is 0 Å². The number of benzene rings is 1. The van der Waals surface area contributed by atoms with Crippen molar-refractivity contribution in [1.82, 2.24) is 9.97 Å². The predicted octanol–water partition coefficient (Wildman–Crippen LogP) is 3.66. The van der Waals surface area contributed by atoms with E-state index in [1.165, 1.54) is 7.11 Å². The minimum Gasteiger partial charge on any atom is -0.369 e. The molecule has 1 aromatic heterocycles. The van der Waals surface area contributed by atoms with Gasteiger partial charge in [-0.15, -0.1) is 0 Å². The average Bonchev–Trinajstić information content (AvgIpc) is 2.38. The molecule has 94 valence electrons. The summed E-state index contributed by atoms with van der Waals surface area (Å²) in [7, 11) is 1.51. The summed E-state index contributed by atoms with van der Waals surface area (Å²) in [6.45, 7) is 0. The summed E-state index contributed by atoms with van der Waals surface area (Å²) in [4.78, 5) is 7.70. The van der Waals surface area contributed by atoms with Gasteiger partial charge >= 0.3 is 0 Å². The van der Waals surface area contributed by atoms with Crippen LogP contribution in [0.5, 0.6) is 0 Å². The Labute approximate surface area is 114 Å². The Morgan fingerprint density at radius 2 is 1.67 bits per heavy atom. The third-order valence-corrected chi connectivity index (χ3v) is 2.86. The first-order valence-electron chi connectivity index (χ1n) is 5.09. The summed E-state index contributed by atoms with van der Waals surface area (Å²) >= 11 is 11.3. The zero-order chi connectivity index (χ0) is 13.1. The number of methoxy groups -OCH3 is 1. The van der Waals surface area contributed by atoms with Gasteiger partial charge in [0.25, 0.3) is 0 Å². The Bertz CT molecular complexity index is 528. The Morgan fingerprint density at radius 1 is 1.11 bits per heavy atom. The lowest BCUT2D eigenvalue weighted by molar-refractivity contribution is 0.129. The molecule has 18 heavy (non-hydrogen) atoms. The molecule has 0 radical (unpaired) electrons. The molecule has 1 heterocycles. The molecule has 6 heteroatoms. The van der Waals surface area contributed by atoms with Crippen molar-refractivity contribution in [3.8, 4) is 0 Å². The highest BCUT2D eigenvalue weighted by atomic mass is 35.5. The van der Waals surface area contributed by atoms with Gasteiger partial charge in [0.15, 0.2) is 21.9 Å². The fourth-order valence-electron chi connectivity index (χ4n) is 1.55. The number of aromatic nitrogens is 2. The second-order valence-corrected chi connectivity index (χ2v) is 4.22. The molecule has 0 fully saturated rings. The van der Waals surface area contributed by atoms with E-state index in [-0.39, 0.29) is 16.1 Å². The van der Waals surface area contributed by atoms with E-state index in [4.69, 9.17) is 27.9 Å². The van der Waals surface area contributed by atoms with Crippen LogP contribution in [0.25, 0.3) is 0 Å². The lowest BCUT2D eigenvalue weighted by Crippen LogP contribution is -2.09. The van der Waals surface area contributed by atoms with Crippen LogP contribution < -0.4 is 0 Å². The van der Waals surface area contributed by atoms with Gasteiger partial charge in [0.1, 0.15) is 6.10 Å². The molecule has 0 bridgehead atoms. The van der Waals surface area contributed by atoms with Crippen molar-refractivity contribution in [1.29, 1.82) is 0 Å². The zero-order valence-electron chi connectivity index (χ0n) is 9.40. The lowest BCUT2D eigenvalue weighted by atomic mass is 10.1. The highest BCUT2D eigenvalue weighted by Crippen LogP contribution is 2.26. The Morgan fingerprint density at radius 3 is 2.17 bits per heavy atom. The van der Waals surface area contributed by atoms with Gasteiger partial charge < -0.3 is 4.74 Å². The van der Waals surface area contributed by atoms with Gasteiger partial charge in [-0.05, 0) is 5.56 Å². The second-order valence-electron chi connectivity index (χ2n) is 3.50. The summed E-state index contributed by atoms with van der Waals surface area (Å²) in [5.41, 5.74) is 0.832. The molecule has 0 aliphatic carbocycles. The molecule has 1 aromatic carbocycles. The Kier molecular flexibility index (Phi) is 4.11. The molecule has 0 saturated carbocycles. The summed E-state index contributed by atoms with van der Waals surface area (Å²) in [6.07, 6.45) is -0.540. The van der Waals surface area contributed by atoms with Crippen molar-refractivity contribution < 1.29 is 9.13 Å². The number of rotatable bonds is 3. The monoisotopic (exact) mass is 286 g/mol. The van der Waals surface area contributed by atoms with E-state index in [0.29, 0.717) is 0 Å². The lowest BCUT2D eigenvalue weighted by Gasteiger charge is -2.14. The third kappa shape index (κ3) is 2.61. The van der Waals surface area contributed by atoms with Gasteiger partial charge in [0.2, 0.25) is 0 Å². The van der Waals surface area contributed by atoms with Crippen LogP contribution in [0.4, 0.5) is 4.39 Å². The predicted molar refractivity (Wildman–Crippen MR) is 67.3 cm³/mol. The van der Waals surface area contributed by atoms with Gasteiger partial charge in [0.05, 0.1) is 0 Å². The summed E-state index contributed by atoms with van der Waals surface area (Å²) in [5, 5.41) is -0.633. The van der Waals surface area contributed by atoms with Crippen molar-refractivity contribution in [3.63, 3.8) is 0 Å². The molecular weight excluding hydrogens is 278 g/mol. The van der Waals surface area contributed by atoms with Crippen LogP contribution in [0.1, 0.15) is 17.5 Å². The van der Waals surface area contributed by atoms with Gasteiger partial charge in [-0.1, -0.05) is 53.5 Å².